The van der Waals surface area contributed by atoms with Gasteiger partial charge < -0.3 is 33.9 Å². The molecule has 3 aromatic carbocycles. The summed E-state index contributed by atoms with van der Waals surface area (Å²) in [6, 6.07) is 19.7. The number of aliphatic hydroxyl groups is 1. The Morgan fingerprint density at radius 1 is 1.14 bits per heavy atom. The van der Waals surface area contributed by atoms with E-state index in [-0.39, 0.29) is 18.0 Å². The number of aromatic hydroxyl groups is 1. The maximum Gasteiger partial charge on any atom is 0.330 e. The Bertz CT molecular complexity index is 1250. The van der Waals surface area contributed by atoms with Gasteiger partial charge in [0.15, 0.2) is 0 Å². The zero-order valence-corrected chi connectivity index (χ0v) is 21.3. The second kappa shape index (κ2) is 13.6. The SMILES string of the molecule is COC(=O)C=Cc1cccc(-c2ccc(OCCNCC(O)c3ccc(O)c(N(C)S(=O)[O-])c3)cc2)c1. The average molecular weight is 526 g/mol. The molecule has 3 aromatic rings. The number of carbonyl (C=O) groups is 1. The van der Waals surface area contributed by atoms with Crippen LogP contribution in [-0.2, 0) is 20.8 Å². The van der Waals surface area contributed by atoms with Gasteiger partial charge in [-0.25, -0.2) is 4.79 Å². The van der Waals surface area contributed by atoms with Crippen molar-refractivity contribution in [3.05, 3.63) is 83.9 Å². The number of nitrogens with zero attached hydrogens (tertiary/aromatic N) is 1. The molecular weight excluding hydrogens is 496 g/mol. The van der Waals surface area contributed by atoms with Crippen molar-refractivity contribution >= 4 is 29.0 Å². The fraction of sp³-hybridized carbons (Fsp3) is 0.222. The number of rotatable bonds is 12. The summed E-state index contributed by atoms with van der Waals surface area (Å²) in [4.78, 5) is 11.3. The molecular formula is C27H29N2O7S-. The number of hydrogen-bond acceptors (Lipinski definition) is 8. The van der Waals surface area contributed by atoms with Gasteiger partial charge in [0.05, 0.1) is 18.9 Å². The van der Waals surface area contributed by atoms with Crippen molar-refractivity contribution in [1.82, 2.24) is 5.32 Å². The molecule has 0 bridgehead atoms. The number of carbonyl (C=O) groups excluding carboxylic acids is 1. The maximum absolute atomic E-state index is 11.3. The summed E-state index contributed by atoms with van der Waals surface area (Å²) in [6.07, 6.45) is 2.18. The summed E-state index contributed by atoms with van der Waals surface area (Å²) in [6.45, 7) is 1.07. The summed E-state index contributed by atoms with van der Waals surface area (Å²) in [5, 5.41) is 23.4. The summed E-state index contributed by atoms with van der Waals surface area (Å²) in [5.74, 6) is 0.0932. The van der Waals surface area contributed by atoms with Crippen LogP contribution in [0.25, 0.3) is 17.2 Å². The summed E-state index contributed by atoms with van der Waals surface area (Å²) in [5.41, 5.74) is 3.44. The standard InChI is InChI=1S/C27H30N2O7S/c1-29(37(33)34)24-17-22(9-12-25(24)30)26(31)18-28-14-15-36-23-10-7-20(8-11-23)21-5-3-4-19(16-21)6-13-27(32)35-2/h3-13,16-17,26,28,30-31H,14-15,18H2,1-2H3,(H,33,34)/p-1. The Hall–Kier alpha value is -3.70. The number of nitrogens with one attached hydrogen (secondary N) is 1. The van der Waals surface area contributed by atoms with Crippen LogP contribution in [0, 0.1) is 0 Å². The lowest BCUT2D eigenvalue weighted by Crippen LogP contribution is -2.26. The van der Waals surface area contributed by atoms with Crippen molar-refractivity contribution in [2.24, 2.45) is 0 Å². The van der Waals surface area contributed by atoms with E-state index in [1.807, 2.05) is 48.5 Å². The Kier molecular flexibility index (Phi) is 10.2. The lowest BCUT2D eigenvalue weighted by Gasteiger charge is -2.23. The molecule has 0 radical (unpaired) electrons. The fourth-order valence-corrected chi connectivity index (χ4v) is 3.78. The summed E-state index contributed by atoms with van der Waals surface area (Å²) in [7, 11) is 2.64. The van der Waals surface area contributed by atoms with Crippen molar-refractivity contribution in [2.75, 3.05) is 38.2 Å². The number of hydrogen-bond donors (Lipinski definition) is 3. The first-order valence-electron chi connectivity index (χ1n) is 11.4. The Morgan fingerprint density at radius 3 is 2.59 bits per heavy atom. The summed E-state index contributed by atoms with van der Waals surface area (Å²) >= 11 is -2.54. The number of phenolic OH excluding ortho intramolecular Hbond substituents is 1. The smallest absolute Gasteiger partial charge is 0.330 e. The zero-order chi connectivity index (χ0) is 26.8. The highest BCUT2D eigenvalue weighted by molar-refractivity contribution is 7.80. The molecule has 3 rings (SSSR count). The topological polar surface area (TPSA) is 131 Å². The predicted molar refractivity (Wildman–Crippen MR) is 142 cm³/mol. The van der Waals surface area contributed by atoms with Crippen LogP contribution in [0.4, 0.5) is 5.69 Å². The van der Waals surface area contributed by atoms with Crippen LogP contribution >= 0.6 is 0 Å². The Balaban J connectivity index is 1.47. The first kappa shape index (κ1) is 27.9. The van der Waals surface area contributed by atoms with Gasteiger partial charge >= 0.3 is 5.97 Å². The van der Waals surface area contributed by atoms with E-state index in [4.69, 9.17) is 4.74 Å². The van der Waals surface area contributed by atoms with Crippen molar-refractivity contribution in [1.29, 1.82) is 0 Å². The van der Waals surface area contributed by atoms with Crippen LogP contribution in [0.1, 0.15) is 17.2 Å². The molecule has 2 unspecified atom stereocenters. The zero-order valence-electron chi connectivity index (χ0n) is 20.5. The fourth-order valence-electron chi connectivity index (χ4n) is 3.48. The lowest BCUT2D eigenvalue weighted by molar-refractivity contribution is -0.134. The van der Waals surface area contributed by atoms with E-state index in [1.165, 1.54) is 38.4 Å². The maximum atomic E-state index is 11.3. The number of ether oxygens (including phenoxy) is 2. The van der Waals surface area contributed by atoms with E-state index in [2.05, 4.69) is 10.1 Å². The molecule has 2 atom stereocenters. The lowest BCUT2D eigenvalue weighted by atomic mass is 10.0. The van der Waals surface area contributed by atoms with Crippen molar-refractivity contribution < 1.29 is 33.2 Å². The molecule has 0 heterocycles. The van der Waals surface area contributed by atoms with Crippen LogP contribution in [0.5, 0.6) is 11.5 Å². The third kappa shape index (κ3) is 8.16. The van der Waals surface area contributed by atoms with Gasteiger partial charge in [0.25, 0.3) is 0 Å². The van der Waals surface area contributed by atoms with Gasteiger partial charge in [-0.3, -0.25) is 4.21 Å². The van der Waals surface area contributed by atoms with Gasteiger partial charge in [0.2, 0.25) is 0 Å². The molecule has 0 aliphatic heterocycles. The summed E-state index contributed by atoms with van der Waals surface area (Å²) < 4.78 is 33.6. The van der Waals surface area contributed by atoms with Gasteiger partial charge in [-0.15, -0.1) is 0 Å². The van der Waals surface area contributed by atoms with Crippen LogP contribution in [0.2, 0.25) is 0 Å². The van der Waals surface area contributed by atoms with Crippen LogP contribution in [-0.4, -0.2) is 58.8 Å². The van der Waals surface area contributed by atoms with E-state index in [0.717, 1.165) is 21.0 Å². The largest absolute Gasteiger partial charge is 0.755 e. The van der Waals surface area contributed by atoms with E-state index < -0.39 is 23.3 Å². The average Bonchev–Trinajstić information content (AvgIpc) is 2.91. The molecule has 0 spiro atoms. The molecule has 0 aliphatic carbocycles. The normalized spacial score (nSPS) is 12.8. The first-order chi connectivity index (χ1) is 17.8. The molecule has 0 saturated carbocycles. The van der Waals surface area contributed by atoms with Crippen LogP contribution in [0.15, 0.2) is 72.8 Å². The first-order valence-corrected chi connectivity index (χ1v) is 12.5. The predicted octanol–water partition coefficient (Wildman–Crippen LogP) is 3.18. The van der Waals surface area contributed by atoms with Crippen molar-refractivity contribution in [2.45, 2.75) is 6.10 Å². The molecule has 0 fully saturated rings. The van der Waals surface area contributed by atoms with E-state index in [0.29, 0.717) is 24.5 Å². The molecule has 10 heteroatoms. The van der Waals surface area contributed by atoms with Crippen molar-refractivity contribution in [3.8, 4) is 22.6 Å². The Morgan fingerprint density at radius 2 is 1.89 bits per heavy atom. The molecule has 0 amide bonds. The molecule has 0 aliphatic rings. The van der Waals surface area contributed by atoms with E-state index >= 15 is 0 Å². The molecule has 37 heavy (non-hydrogen) atoms. The van der Waals surface area contributed by atoms with Crippen LogP contribution in [0.3, 0.4) is 0 Å². The highest BCUT2D eigenvalue weighted by Gasteiger charge is 2.13. The molecule has 3 N–H and O–H groups in total. The Labute approximate surface area is 218 Å². The van der Waals surface area contributed by atoms with E-state index in [1.54, 1.807) is 6.08 Å². The van der Waals surface area contributed by atoms with Gasteiger partial charge in [0, 0.05) is 37.5 Å². The number of aliphatic hydroxyl groups excluding tert-OH is 1. The van der Waals surface area contributed by atoms with Gasteiger partial charge in [0.1, 0.15) is 18.1 Å². The highest BCUT2D eigenvalue weighted by Crippen LogP contribution is 2.30. The second-order valence-corrected chi connectivity index (χ2v) is 9.02. The van der Waals surface area contributed by atoms with E-state index in [9.17, 15) is 23.8 Å². The molecule has 9 nitrogen and oxygen atoms in total. The number of methoxy groups -OCH3 is 1. The van der Waals surface area contributed by atoms with Crippen LogP contribution < -0.4 is 14.4 Å². The molecule has 0 saturated heterocycles. The minimum atomic E-state index is -2.54. The van der Waals surface area contributed by atoms with Gasteiger partial charge in [-0.1, -0.05) is 36.4 Å². The monoisotopic (exact) mass is 525 g/mol. The van der Waals surface area contributed by atoms with Gasteiger partial charge in [-0.2, -0.15) is 0 Å². The molecule has 196 valence electrons. The number of phenols is 1. The minimum Gasteiger partial charge on any atom is -0.755 e. The third-order valence-electron chi connectivity index (χ3n) is 5.52. The number of benzene rings is 3. The van der Waals surface area contributed by atoms with Gasteiger partial charge in [-0.05, 0) is 58.7 Å². The molecule has 0 aromatic heterocycles. The quantitative estimate of drug-likeness (QED) is 0.142. The second-order valence-electron chi connectivity index (χ2n) is 8.04. The third-order valence-corrected chi connectivity index (χ3v) is 6.16. The number of anilines is 1. The van der Waals surface area contributed by atoms with Crippen molar-refractivity contribution in [3.63, 3.8) is 0 Å². The highest BCUT2D eigenvalue weighted by atomic mass is 32.2. The minimum absolute atomic E-state index is 0.0843. The number of esters is 1.